The van der Waals surface area contributed by atoms with Crippen molar-refractivity contribution in [2.75, 3.05) is 67.8 Å². The van der Waals surface area contributed by atoms with E-state index in [0.717, 1.165) is 0 Å². The number of nitrogens with zero attached hydrogens (tertiary/aromatic N) is 7. The van der Waals surface area contributed by atoms with Gasteiger partial charge in [-0.2, -0.15) is 20.1 Å². The summed E-state index contributed by atoms with van der Waals surface area (Å²) < 4.78 is 16.6. The monoisotopic (exact) mass is 514 g/mol. The van der Waals surface area contributed by atoms with Gasteiger partial charge in [0.1, 0.15) is 11.5 Å². The van der Waals surface area contributed by atoms with Crippen molar-refractivity contribution >= 4 is 41.3 Å². The summed E-state index contributed by atoms with van der Waals surface area (Å²) in [6, 6.07) is 7.52. The molecule has 0 atom stereocenters. The minimum Gasteiger partial charge on any atom is -0.455 e. The molecule has 3 aromatic rings. The van der Waals surface area contributed by atoms with E-state index in [-0.39, 0.29) is 11.6 Å². The van der Waals surface area contributed by atoms with E-state index in [9.17, 15) is 10.1 Å². The second-order valence-electron chi connectivity index (χ2n) is 7.95. The van der Waals surface area contributed by atoms with Crippen LogP contribution in [0.2, 0.25) is 5.02 Å². The van der Waals surface area contributed by atoms with Gasteiger partial charge < -0.3 is 23.7 Å². The fourth-order valence-corrected chi connectivity index (χ4v) is 3.96. The van der Waals surface area contributed by atoms with Crippen LogP contribution in [0, 0.1) is 10.1 Å². The van der Waals surface area contributed by atoms with Gasteiger partial charge in [-0.3, -0.25) is 10.1 Å². The third-order valence-electron chi connectivity index (χ3n) is 5.61. The fraction of sp³-hybridized carbons (Fsp3) is 0.364. The molecule has 0 amide bonds. The van der Waals surface area contributed by atoms with Crippen molar-refractivity contribution in [1.82, 2.24) is 15.0 Å². The molecular formula is C22H23ClN8O5. The van der Waals surface area contributed by atoms with Crippen molar-refractivity contribution in [2.24, 2.45) is 5.10 Å². The van der Waals surface area contributed by atoms with Gasteiger partial charge in [-0.15, -0.1) is 0 Å². The normalized spacial score (nSPS) is 16.5. The zero-order valence-electron chi connectivity index (χ0n) is 19.2. The largest absolute Gasteiger partial charge is 0.455 e. The van der Waals surface area contributed by atoms with Gasteiger partial charge in [0, 0.05) is 43.9 Å². The van der Waals surface area contributed by atoms with Crippen LogP contribution in [0.1, 0.15) is 5.76 Å². The van der Waals surface area contributed by atoms with Gasteiger partial charge in [-0.25, -0.2) is 5.43 Å². The maximum absolute atomic E-state index is 11.1. The average Bonchev–Trinajstić information content (AvgIpc) is 3.38. The summed E-state index contributed by atoms with van der Waals surface area (Å²) in [6.07, 6.45) is 1.46. The van der Waals surface area contributed by atoms with Crippen LogP contribution in [-0.4, -0.2) is 78.7 Å². The summed E-state index contributed by atoms with van der Waals surface area (Å²) in [7, 11) is 0. The summed E-state index contributed by atoms with van der Waals surface area (Å²) in [5, 5.41) is 15.6. The third kappa shape index (κ3) is 5.53. The number of hydrazone groups is 1. The van der Waals surface area contributed by atoms with E-state index in [0.29, 0.717) is 86.6 Å². The molecule has 0 spiro atoms. The van der Waals surface area contributed by atoms with Gasteiger partial charge in [0.2, 0.25) is 17.8 Å². The number of hydrogen-bond acceptors (Lipinski definition) is 12. The van der Waals surface area contributed by atoms with E-state index in [1.54, 1.807) is 12.1 Å². The number of furan rings is 1. The highest BCUT2D eigenvalue weighted by molar-refractivity contribution is 6.33. The van der Waals surface area contributed by atoms with E-state index in [1.807, 2.05) is 9.80 Å². The molecule has 0 radical (unpaired) electrons. The number of non-ortho nitro benzene ring substituents is 1. The zero-order chi connectivity index (χ0) is 24.9. The molecule has 14 heteroatoms. The molecule has 2 aliphatic rings. The van der Waals surface area contributed by atoms with Crippen molar-refractivity contribution in [2.45, 2.75) is 0 Å². The number of benzene rings is 1. The van der Waals surface area contributed by atoms with E-state index in [2.05, 4.69) is 25.5 Å². The molecule has 2 aliphatic heterocycles. The maximum Gasteiger partial charge on any atom is 0.270 e. The van der Waals surface area contributed by atoms with Crippen molar-refractivity contribution in [3.63, 3.8) is 0 Å². The van der Waals surface area contributed by atoms with E-state index >= 15 is 0 Å². The number of nitro groups is 1. The Kier molecular flexibility index (Phi) is 7.21. The number of nitro benzene ring substituents is 1. The molecule has 5 rings (SSSR count). The van der Waals surface area contributed by atoms with Crippen LogP contribution < -0.4 is 15.2 Å². The summed E-state index contributed by atoms with van der Waals surface area (Å²) >= 11 is 6.21. The second kappa shape index (κ2) is 10.8. The summed E-state index contributed by atoms with van der Waals surface area (Å²) in [4.78, 5) is 28.4. The second-order valence-corrected chi connectivity index (χ2v) is 8.36. The smallest absolute Gasteiger partial charge is 0.270 e. The number of rotatable bonds is 7. The molecule has 2 aromatic heterocycles. The first-order valence-corrected chi connectivity index (χ1v) is 11.7. The average molecular weight is 515 g/mol. The highest BCUT2D eigenvalue weighted by Crippen LogP contribution is 2.32. The Morgan fingerprint density at radius 2 is 1.61 bits per heavy atom. The molecule has 2 saturated heterocycles. The SMILES string of the molecule is O=[N+]([O-])c1ccc(Cl)c(-c2ccc(C=NNc3nc(N4CCOCC4)nc(N4CCOCC4)n3)o2)c1. The number of nitrogens with one attached hydrogen (secondary N) is 1. The molecule has 0 saturated carbocycles. The van der Waals surface area contributed by atoms with Gasteiger partial charge in [0.15, 0.2) is 0 Å². The van der Waals surface area contributed by atoms with Gasteiger partial charge in [-0.05, 0) is 18.2 Å². The quantitative estimate of drug-likeness (QED) is 0.282. The molecule has 188 valence electrons. The zero-order valence-corrected chi connectivity index (χ0v) is 19.9. The predicted molar refractivity (Wildman–Crippen MR) is 133 cm³/mol. The molecule has 0 unspecified atom stereocenters. The molecule has 36 heavy (non-hydrogen) atoms. The fourth-order valence-electron chi connectivity index (χ4n) is 3.75. The Morgan fingerprint density at radius 1 is 0.972 bits per heavy atom. The first-order valence-electron chi connectivity index (χ1n) is 11.3. The minimum absolute atomic E-state index is 0.0790. The third-order valence-corrected chi connectivity index (χ3v) is 5.94. The summed E-state index contributed by atoms with van der Waals surface area (Å²) in [5.74, 6) is 2.18. The predicted octanol–water partition coefficient (Wildman–Crippen LogP) is 2.81. The highest BCUT2D eigenvalue weighted by atomic mass is 35.5. The number of halogens is 1. The lowest BCUT2D eigenvalue weighted by Crippen LogP contribution is -2.40. The van der Waals surface area contributed by atoms with Crippen LogP contribution in [0.3, 0.4) is 0 Å². The first kappa shape index (κ1) is 23.9. The van der Waals surface area contributed by atoms with Crippen LogP contribution >= 0.6 is 11.6 Å². The van der Waals surface area contributed by atoms with Gasteiger partial charge in [-0.1, -0.05) is 11.6 Å². The number of ether oxygens (including phenoxy) is 2. The Morgan fingerprint density at radius 3 is 2.22 bits per heavy atom. The molecule has 0 bridgehead atoms. The number of anilines is 3. The van der Waals surface area contributed by atoms with Crippen LogP contribution in [0.15, 0.2) is 39.9 Å². The molecule has 4 heterocycles. The van der Waals surface area contributed by atoms with Gasteiger partial charge in [0.05, 0.1) is 42.6 Å². The number of morpholine rings is 2. The topological polar surface area (TPSA) is 144 Å². The van der Waals surface area contributed by atoms with Gasteiger partial charge in [0.25, 0.3) is 5.69 Å². The lowest BCUT2D eigenvalue weighted by molar-refractivity contribution is -0.384. The molecule has 13 nitrogen and oxygen atoms in total. The number of hydrogen-bond donors (Lipinski definition) is 1. The van der Waals surface area contributed by atoms with Crippen LogP contribution in [0.4, 0.5) is 23.5 Å². The summed E-state index contributed by atoms with van der Waals surface area (Å²) in [6.45, 7) is 5.16. The Labute approximate surface area is 210 Å². The van der Waals surface area contributed by atoms with Gasteiger partial charge >= 0.3 is 0 Å². The molecule has 1 aromatic carbocycles. The van der Waals surface area contributed by atoms with Crippen LogP contribution in [-0.2, 0) is 9.47 Å². The standard InChI is InChI=1S/C22H23ClN8O5/c23-18-3-1-15(31(32)33)13-17(18)19-4-2-16(36-19)14-24-28-20-25-21(29-5-9-34-10-6-29)27-22(26-20)30-7-11-35-12-8-30/h1-4,13-14H,5-12H2,(H,25,26,27,28). The molecule has 1 N–H and O–H groups in total. The first-order chi connectivity index (χ1) is 17.6. The Bertz CT molecular complexity index is 1220. The van der Waals surface area contributed by atoms with Crippen molar-refractivity contribution in [3.05, 3.63) is 51.2 Å². The van der Waals surface area contributed by atoms with E-state index < -0.39 is 4.92 Å². The highest BCUT2D eigenvalue weighted by Gasteiger charge is 2.21. The van der Waals surface area contributed by atoms with Crippen molar-refractivity contribution in [3.8, 4) is 11.3 Å². The molecule has 0 aliphatic carbocycles. The van der Waals surface area contributed by atoms with Crippen molar-refractivity contribution < 1.29 is 18.8 Å². The van der Waals surface area contributed by atoms with Crippen LogP contribution in [0.5, 0.6) is 0 Å². The minimum atomic E-state index is -0.486. The lowest BCUT2D eigenvalue weighted by Gasteiger charge is -2.30. The van der Waals surface area contributed by atoms with E-state index in [4.69, 9.17) is 25.5 Å². The van der Waals surface area contributed by atoms with Crippen LogP contribution in [0.25, 0.3) is 11.3 Å². The Balaban J connectivity index is 1.34. The maximum atomic E-state index is 11.1. The number of aromatic nitrogens is 3. The Hall–Kier alpha value is -3.81. The summed E-state index contributed by atoms with van der Waals surface area (Å²) in [5.41, 5.74) is 3.19. The molecule has 2 fully saturated rings. The van der Waals surface area contributed by atoms with Crippen molar-refractivity contribution in [1.29, 1.82) is 0 Å². The lowest BCUT2D eigenvalue weighted by atomic mass is 10.1. The molecular weight excluding hydrogens is 492 g/mol. The van der Waals surface area contributed by atoms with E-state index in [1.165, 1.54) is 24.4 Å².